The Morgan fingerprint density at radius 1 is 1.48 bits per heavy atom. The molecule has 4 atom stereocenters. The van der Waals surface area contributed by atoms with E-state index in [1.165, 1.54) is 16.2 Å². The van der Waals surface area contributed by atoms with Gasteiger partial charge in [0.1, 0.15) is 18.4 Å². The highest BCUT2D eigenvalue weighted by Gasteiger charge is 2.60. The summed E-state index contributed by atoms with van der Waals surface area (Å²) in [6, 6.07) is -0.322. The molecule has 4 N–H and O–H groups in total. The van der Waals surface area contributed by atoms with Crippen LogP contribution in [-0.2, 0) is 16.1 Å². The molecule has 0 unspecified atom stereocenters. The summed E-state index contributed by atoms with van der Waals surface area (Å²) in [7, 11) is 0. The quantitative estimate of drug-likeness (QED) is 0.185. The van der Waals surface area contributed by atoms with Crippen molar-refractivity contribution in [3.8, 4) is 0 Å². The summed E-state index contributed by atoms with van der Waals surface area (Å²) in [6.45, 7) is 6.55. The molecular weight excluding hydrogens is 438 g/mol. The van der Waals surface area contributed by atoms with E-state index in [1.807, 2.05) is 30.1 Å². The molecule has 1 fully saturated rings. The lowest BCUT2D eigenvalue weighted by Gasteiger charge is -2.46. The number of carbonyl (C=O) groups is 2. The number of rotatable bonds is 7. The zero-order chi connectivity index (χ0) is 22.6. The first-order valence-electron chi connectivity index (χ1n) is 10.0. The molecule has 4 heterocycles. The Kier molecular flexibility index (Phi) is 5.61. The number of aliphatic hydroxyl groups excluding tert-OH is 1. The van der Waals surface area contributed by atoms with Crippen molar-refractivity contribution < 1.29 is 24.4 Å². The zero-order valence-corrected chi connectivity index (χ0v) is 19.4. The van der Waals surface area contributed by atoms with E-state index in [0.717, 1.165) is 14.7 Å². The second-order valence-corrected chi connectivity index (χ2v) is 9.80. The molecule has 2 aliphatic rings. The number of thiazole rings is 1. The Hall–Kier alpha value is -2.37. The van der Waals surface area contributed by atoms with Crippen molar-refractivity contribution in [3.05, 3.63) is 23.1 Å². The molecule has 1 saturated heterocycles. The van der Waals surface area contributed by atoms with Crippen LogP contribution in [0.25, 0.3) is 10.4 Å². The van der Waals surface area contributed by atoms with Gasteiger partial charge in [-0.15, -0.1) is 0 Å². The lowest BCUT2D eigenvalue weighted by atomic mass is 9.77. The molecule has 0 spiro atoms. The fraction of sp³-hybridized carbons (Fsp3) is 0.500. The van der Waals surface area contributed by atoms with Crippen molar-refractivity contribution in [1.29, 1.82) is 0 Å². The average molecular weight is 465 g/mol. The first-order chi connectivity index (χ1) is 14.7. The molecule has 166 valence electrons. The number of amides is 1. The van der Waals surface area contributed by atoms with Crippen LogP contribution in [0.4, 0.5) is 0 Å². The number of aromatic nitrogens is 2. The number of aliphatic carboxylic acids is 1. The molecular formula is C20H26N5O4S2+. The summed E-state index contributed by atoms with van der Waals surface area (Å²) in [4.78, 5) is 32.1. The van der Waals surface area contributed by atoms with Crippen LogP contribution >= 0.6 is 23.1 Å². The minimum atomic E-state index is -1.12. The highest BCUT2D eigenvalue weighted by Crippen LogP contribution is 2.51. The first kappa shape index (κ1) is 21.8. The molecule has 31 heavy (non-hydrogen) atoms. The van der Waals surface area contributed by atoms with E-state index < -0.39 is 18.0 Å². The van der Waals surface area contributed by atoms with Gasteiger partial charge < -0.3 is 20.8 Å². The second kappa shape index (κ2) is 7.95. The van der Waals surface area contributed by atoms with Crippen molar-refractivity contribution in [2.45, 2.75) is 44.5 Å². The molecule has 0 saturated carbocycles. The average Bonchev–Trinajstić information content (AvgIpc) is 3.28. The molecule has 1 amide bonds. The molecule has 9 nitrogen and oxygen atoms in total. The number of nitrogens with zero attached hydrogens (tertiary/aromatic N) is 4. The fourth-order valence-electron chi connectivity index (χ4n) is 4.65. The molecule has 2 aromatic rings. The number of carbonyl (C=O) groups excluding carboxylic acids is 1. The standard InChI is InChI=1S/C20H25N5O4S2/c1-9-13(16(20(28)29)25-15(9)14(10(2)26)17(25)27)12-7-24-8-23(6-5-22-11(3)21)18(30-4)19(24)31-12/h7-10,14-15,26H,5-6H2,1-4H3,(H2-,21,22,28,29)/p+1/t9-,10+,14+,15+/m0/s1. The molecule has 0 aromatic carbocycles. The lowest BCUT2D eigenvalue weighted by molar-refractivity contribution is -0.727. The van der Waals surface area contributed by atoms with E-state index in [2.05, 4.69) is 9.56 Å². The van der Waals surface area contributed by atoms with Gasteiger partial charge in [0.15, 0.2) is 0 Å². The Labute approximate surface area is 187 Å². The number of carboxylic acids is 1. The van der Waals surface area contributed by atoms with Crippen molar-refractivity contribution in [1.82, 2.24) is 9.30 Å². The van der Waals surface area contributed by atoms with E-state index in [4.69, 9.17) is 5.73 Å². The molecule has 4 rings (SSSR count). The van der Waals surface area contributed by atoms with Crippen LogP contribution in [0.2, 0.25) is 0 Å². The van der Waals surface area contributed by atoms with Crippen LogP contribution in [0.1, 0.15) is 25.6 Å². The normalized spacial score (nSPS) is 24.7. The summed E-state index contributed by atoms with van der Waals surface area (Å²) in [6.07, 6.45) is 5.09. The number of fused-ring (bicyclic) bond motifs is 2. The molecule has 2 aliphatic heterocycles. The van der Waals surface area contributed by atoms with E-state index in [9.17, 15) is 19.8 Å². The number of hydrogen-bond donors (Lipinski definition) is 3. The SMILES string of the molecule is CSc1c2sc(C3=C(C(=O)O)N4C(=O)[C@H]([C@@H](C)O)[C@H]4[C@H]3C)cn2c[n+]1CCN=C(C)N. The van der Waals surface area contributed by atoms with Gasteiger partial charge in [-0.1, -0.05) is 30.0 Å². The number of aliphatic imine (C=N–C) groups is 1. The summed E-state index contributed by atoms with van der Waals surface area (Å²) in [5.74, 6) is -1.63. The van der Waals surface area contributed by atoms with Gasteiger partial charge in [0.05, 0.1) is 35.3 Å². The lowest BCUT2D eigenvalue weighted by Crippen LogP contribution is -2.63. The van der Waals surface area contributed by atoms with Crippen LogP contribution in [0.15, 0.2) is 28.2 Å². The van der Waals surface area contributed by atoms with Crippen LogP contribution in [0.3, 0.4) is 0 Å². The largest absolute Gasteiger partial charge is 0.477 e. The highest BCUT2D eigenvalue weighted by molar-refractivity contribution is 7.98. The summed E-state index contributed by atoms with van der Waals surface area (Å²) < 4.78 is 4.10. The van der Waals surface area contributed by atoms with Gasteiger partial charge >= 0.3 is 5.97 Å². The molecule has 0 radical (unpaired) electrons. The van der Waals surface area contributed by atoms with Crippen molar-refractivity contribution in [2.24, 2.45) is 22.6 Å². The number of β-lactam (4-membered cyclic amide) rings is 1. The number of hydrogen-bond acceptors (Lipinski definition) is 6. The number of aliphatic hydroxyl groups is 1. The van der Waals surface area contributed by atoms with Gasteiger partial charge in [-0.25, -0.2) is 9.36 Å². The van der Waals surface area contributed by atoms with Crippen molar-refractivity contribution >= 4 is 51.2 Å². The number of nitrogens with two attached hydrogens (primary N) is 1. The third-order valence-electron chi connectivity index (χ3n) is 5.94. The first-order valence-corrected chi connectivity index (χ1v) is 12.0. The second-order valence-electron chi connectivity index (χ2n) is 7.97. The third-order valence-corrected chi connectivity index (χ3v) is 8.03. The number of carboxylic acid groups (broad SMARTS) is 1. The van der Waals surface area contributed by atoms with Crippen LogP contribution < -0.4 is 10.3 Å². The molecule has 2 aromatic heterocycles. The van der Waals surface area contributed by atoms with Crippen LogP contribution in [0.5, 0.6) is 0 Å². The monoisotopic (exact) mass is 464 g/mol. The minimum absolute atomic E-state index is 0.0373. The zero-order valence-electron chi connectivity index (χ0n) is 17.8. The topological polar surface area (TPSA) is 125 Å². The van der Waals surface area contributed by atoms with Gasteiger partial charge in [0.2, 0.25) is 15.8 Å². The third kappa shape index (κ3) is 3.35. The van der Waals surface area contributed by atoms with E-state index in [-0.39, 0.29) is 23.6 Å². The molecule has 0 bridgehead atoms. The minimum Gasteiger partial charge on any atom is -0.477 e. The Morgan fingerprint density at radius 3 is 2.77 bits per heavy atom. The van der Waals surface area contributed by atoms with Crippen LogP contribution in [0, 0.1) is 11.8 Å². The number of imidazole rings is 1. The molecule has 0 aliphatic carbocycles. The van der Waals surface area contributed by atoms with Gasteiger partial charge in [-0.2, -0.15) is 4.40 Å². The Bertz CT molecular complexity index is 1130. The Balaban J connectivity index is 1.74. The Morgan fingerprint density at radius 2 is 2.19 bits per heavy atom. The summed E-state index contributed by atoms with van der Waals surface area (Å²) in [5, 5.41) is 21.0. The van der Waals surface area contributed by atoms with Gasteiger partial charge in [-0.05, 0) is 20.1 Å². The van der Waals surface area contributed by atoms with Gasteiger partial charge in [0.25, 0.3) is 6.33 Å². The predicted octanol–water partition coefficient (Wildman–Crippen LogP) is 1.04. The maximum Gasteiger partial charge on any atom is 0.352 e. The summed E-state index contributed by atoms with van der Waals surface area (Å²) in [5.41, 5.74) is 6.32. The number of thioether (sulfide) groups is 1. The number of amidine groups is 1. The smallest absolute Gasteiger partial charge is 0.352 e. The van der Waals surface area contributed by atoms with Crippen molar-refractivity contribution in [2.75, 3.05) is 12.8 Å². The van der Waals surface area contributed by atoms with Gasteiger partial charge in [-0.3, -0.25) is 9.79 Å². The van der Waals surface area contributed by atoms with E-state index in [1.54, 1.807) is 25.6 Å². The predicted molar refractivity (Wildman–Crippen MR) is 119 cm³/mol. The van der Waals surface area contributed by atoms with Crippen molar-refractivity contribution in [3.63, 3.8) is 0 Å². The fourth-order valence-corrected chi connectivity index (χ4v) is 6.85. The maximum absolute atomic E-state index is 12.6. The summed E-state index contributed by atoms with van der Waals surface area (Å²) >= 11 is 3.13. The van der Waals surface area contributed by atoms with E-state index >= 15 is 0 Å². The highest BCUT2D eigenvalue weighted by atomic mass is 32.2. The van der Waals surface area contributed by atoms with Crippen LogP contribution in [-0.4, -0.2) is 62.2 Å². The van der Waals surface area contributed by atoms with E-state index in [0.29, 0.717) is 24.5 Å². The van der Waals surface area contributed by atoms with Gasteiger partial charge in [0, 0.05) is 11.5 Å². The molecule has 11 heteroatoms. The maximum atomic E-state index is 12.6.